The first-order valence-electron chi connectivity index (χ1n) is 6.28. The van der Waals surface area contributed by atoms with Gasteiger partial charge in [0.1, 0.15) is 6.61 Å². The van der Waals surface area contributed by atoms with Gasteiger partial charge in [0.15, 0.2) is 5.78 Å². The zero-order valence-corrected chi connectivity index (χ0v) is 11.2. The minimum Gasteiger partial charge on any atom is -0.370 e. The van der Waals surface area contributed by atoms with Crippen molar-refractivity contribution < 1.29 is 9.53 Å². The number of carbonyl (C=O) groups is 1. The minimum absolute atomic E-state index is 0.0557. The fourth-order valence-electron chi connectivity index (χ4n) is 1.41. The summed E-state index contributed by atoms with van der Waals surface area (Å²) < 4.78 is 5.53. The molecule has 2 nitrogen and oxygen atoms in total. The maximum Gasteiger partial charge on any atom is 0.188 e. The Morgan fingerprint density at radius 3 is 2.24 bits per heavy atom. The molecule has 0 aromatic heterocycles. The van der Waals surface area contributed by atoms with Crippen molar-refractivity contribution in [1.29, 1.82) is 0 Å². The molecule has 2 heteroatoms. The SMILES string of the molecule is CCc1ccc(C(=O)COC(C)C(C)C)cc1. The molecule has 0 heterocycles. The summed E-state index contributed by atoms with van der Waals surface area (Å²) in [6.45, 7) is 8.45. The number of rotatable bonds is 6. The highest BCUT2D eigenvalue weighted by atomic mass is 16.5. The predicted molar refractivity (Wildman–Crippen MR) is 70.4 cm³/mol. The van der Waals surface area contributed by atoms with E-state index in [1.54, 1.807) is 0 Å². The summed E-state index contributed by atoms with van der Waals surface area (Å²) in [4.78, 5) is 11.8. The maximum atomic E-state index is 11.8. The van der Waals surface area contributed by atoms with Crippen molar-refractivity contribution in [3.05, 3.63) is 35.4 Å². The standard InChI is InChI=1S/C15H22O2/c1-5-13-6-8-14(9-7-13)15(16)10-17-12(4)11(2)3/h6-9,11-12H,5,10H2,1-4H3. The van der Waals surface area contributed by atoms with E-state index in [1.165, 1.54) is 5.56 Å². The fraction of sp³-hybridized carbons (Fsp3) is 0.533. The quantitative estimate of drug-likeness (QED) is 0.704. The average molecular weight is 234 g/mol. The number of hydrogen-bond donors (Lipinski definition) is 0. The van der Waals surface area contributed by atoms with E-state index < -0.39 is 0 Å². The molecule has 0 aliphatic carbocycles. The Morgan fingerprint density at radius 1 is 1.18 bits per heavy atom. The molecule has 0 N–H and O–H groups in total. The third-order valence-corrected chi connectivity index (χ3v) is 3.10. The Bertz CT molecular complexity index is 352. The van der Waals surface area contributed by atoms with Crippen LogP contribution in [-0.2, 0) is 11.2 Å². The van der Waals surface area contributed by atoms with Crippen molar-refractivity contribution in [3.63, 3.8) is 0 Å². The summed E-state index contributed by atoms with van der Waals surface area (Å²) in [5.41, 5.74) is 1.98. The summed E-state index contributed by atoms with van der Waals surface area (Å²) in [5, 5.41) is 0. The van der Waals surface area contributed by atoms with Crippen LogP contribution in [0.4, 0.5) is 0 Å². The number of ether oxygens (including phenoxy) is 1. The second-order valence-electron chi connectivity index (χ2n) is 4.73. The molecule has 1 atom stereocenters. The normalized spacial score (nSPS) is 12.8. The van der Waals surface area contributed by atoms with Gasteiger partial charge in [-0.2, -0.15) is 0 Å². The number of aryl methyl sites for hydroxylation is 1. The zero-order valence-electron chi connectivity index (χ0n) is 11.2. The van der Waals surface area contributed by atoms with Gasteiger partial charge < -0.3 is 4.74 Å². The Balaban J connectivity index is 2.52. The smallest absolute Gasteiger partial charge is 0.188 e. The monoisotopic (exact) mass is 234 g/mol. The molecule has 0 radical (unpaired) electrons. The van der Waals surface area contributed by atoms with E-state index in [4.69, 9.17) is 4.74 Å². The summed E-state index contributed by atoms with van der Waals surface area (Å²) in [6.07, 6.45) is 1.11. The van der Waals surface area contributed by atoms with Crippen LogP contribution in [0.1, 0.15) is 43.6 Å². The molecule has 1 rings (SSSR count). The first-order chi connectivity index (χ1) is 8.04. The van der Waals surface area contributed by atoms with E-state index in [0.717, 1.165) is 12.0 Å². The Kier molecular flexibility index (Phi) is 5.36. The fourth-order valence-corrected chi connectivity index (χ4v) is 1.41. The second kappa shape index (κ2) is 6.55. The number of carbonyl (C=O) groups excluding carboxylic acids is 1. The first-order valence-corrected chi connectivity index (χ1v) is 6.28. The number of ketones is 1. The van der Waals surface area contributed by atoms with E-state index in [2.05, 4.69) is 20.8 Å². The van der Waals surface area contributed by atoms with Gasteiger partial charge in [0.25, 0.3) is 0 Å². The van der Waals surface area contributed by atoms with Crippen LogP contribution in [0.5, 0.6) is 0 Å². The number of Topliss-reactive ketones (excluding diaryl/α,β-unsaturated/α-hetero) is 1. The highest BCUT2D eigenvalue weighted by Crippen LogP contribution is 2.09. The maximum absolute atomic E-state index is 11.8. The second-order valence-corrected chi connectivity index (χ2v) is 4.73. The summed E-state index contributed by atoms with van der Waals surface area (Å²) in [6, 6.07) is 7.76. The lowest BCUT2D eigenvalue weighted by Crippen LogP contribution is -2.20. The Morgan fingerprint density at radius 2 is 1.76 bits per heavy atom. The molecule has 0 saturated carbocycles. The lowest BCUT2D eigenvalue weighted by molar-refractivity contribution is 0.0336. The van der Waals surface area contributed by atoms with Gasteiger partial charge in [-0.3, -0.25) is 4.79 Å². The molecule has 0 bridgehead atoms. The molecule has 0 fully saturated rings. The van der Waals surface area contributed by atoms with E-state index >= 15 is 0 Å². The lowest BCUT2D eigenvalue weighted by atomic mass is 10.1. The van der Waals surface area contributed by atoms with Gasteiger partial charge in [0.05, 0.1) is 6.10 Å². The summed E-state index contributed by atoms with van der Waals surface area (Å²) >= 11 is 0. The average Bonchev–Trinajstić information content (AvgIpc) is 2.35. The van der Waals surface area contributed by atoms with Crippen LogP contribution >= 0.6 is 0 Å². The van der Waals surface area contributed by atoms with Crippen molar-refractivity contribution in [3.8, 4) is 0 Å². The van der Waals surface area contributed by atoms with E-state index in [9.17, 15) is 4.79 Å². The predicted octanol–water partition coefficient (Wildman–Crippen LogP) is 3.49. The molecule has 94 valence electrons. The van der Waals surface area contributed by atoms with Gasteiger partial charge in [-0.15, -0.1) is 0 Å². The molecular weight excluding hydrogens is 212 g/mol. The van der Waals surface area contributed by atoms with E-state index in [1.807, 2.05) is 31.2 Å². The number of hydrogen-bond acceptors (Lipinski definition) is 2. The molecule has 0 saturated heterocycles. The van der Waals surface area contributed by atoms with Crippen molar-refractivity contribution in [1.82, 2.24) is 0 Å². The third kappa shape index (κ3) is 4.31. The zero-order chi connectivity index (χ0) is 12.8. The highest BCUT2D eigenvalue weighted by molar-refractivity contribution is 5.97. The largest absolute Gasteiger partial charge is 0.370 e. The van der Waals surface area contributed by atoms with E-state index in [0.29, 0.717) is 5.92 Å². The van der Waals surface area contributed by atoms with Crippen molar-refractivity contribution in [2.45, 2.75) is 40.2 Å². The van der Waals surface area contributed by atoms with Crippen LogP contribution in [0.3, 0.4) is 0 Å². The van der Waals surface area contributed by atoms with E-state index in [-0.39, 0.29) is 18.5 Å². The molecule has 17 heavy (non-hydrogen) atoms. The van der Waals surface area contributed by atoms with Gasteiger partial charge in [0, 0.05) is 5.56 Å². The third-order valence-electron chi connectivity index (χ3n) is 3.10. The Hall–Kier alpha value is -1.15. The van der Waals surface area contributed by atoms with Crippen LogP contribution in [0.2, 0.25) is 0 Å². The Labute approximate surface area is 104 Å². The summed E-state index contributed by atoms with van der Waals surface area (Å²) in [5.74, 6) is 0.491. The highest BCUT2D eigenvalue weighted by Gasteiger charge is 2.11. The van der Waals surface area contributed by atoms with Crippen molar-refractivity contribution >= 4 is 5.78 Å². The van der Waals surface area contributed by atoms with Crippen LogP contribution in [-0.4, -0.2) is 18.5 Å². The number of benzene rings is 1. The lowest BCUT2D eigenvalue weighted by Gasteiger charge is -2.15. The molecular formula is C15H22O2. The minimum atomic E-state index is 0.0557. The summed E-state index contributed by atoms with van der Waals surface area (Å²) in [7, 11) is 0. The first kappa shape index (κ1) is 13.9. The van der Waals surface area contributed by atoms with Gasteiger partial charge in [-0.25, -0.2) is 0 Å². The molecule has 0 amide bonds. The topological polar surface area (TPSA) is 26.3 Å². The van der Waals surface area contributed by atoms with Gasteiger partial charge >= 0.3 is 0 Å². The molecule has 0 aliphatic rings. The van der Waals surface area contributed by atoms with Gasteiger partial charge in [-0.05, 0) is 24.8 Å². The molecule has 0 aliphatic heterocycles. The molecule has 1 aromatic rings. The van der Waals surface area contributed by atoms with Gasteiger partial charge in [0.2, 0.25) is 0 Å². The van der Waals surface area contributed by atoms with Crippen LogP contribution in [0.15, 0.2) is 24.3 Å². The van der Waals surface area contributed by atoms with Crippen LogP contribution < -0.4 is 0 Å². The van der Waals surface area contributed by atoms with Gasteiger partial charge in [-0.1, -0.05) is 45.0 Å². The van der Waals surface area contributed by atoms with Crippen molar-refractivity contribution in [2.24, 2.45) is 5.92 Å². The molecule has 1 aromatic carbocycles. The molecule has 1 unspecified atom stereocenters. The van der Waals surface area contributed by atoms with Crippen molar-refractivity contribution in [2.75, 3.05) is 6.61 Å². The van der Waals surface area contributed by atoms with Crippen LogP contribution in [0, 0.1) is 5.92 Å². The van der Waals surface area contributed by atoms with Crippen LogP contribution in [0.25, 0.3) is 0 Å². The molecule has 0 spiro atoms.